The molecule has 0 aromatic heterocycles. The van der Waals surface area contributed by atoms with Crippen LogP contribution in [0.1, 0.15) is 65.4 Å². The second-order valence-electron chi connectivity index (χ2n) is 7.28. The number of fused-ring (bicyclic) bond motifs is 1. The van der Waals surface area contributed by atoms with E-state index in [-0.39, 0.29) is 24.0 Å². The van der Waals surface area contributed by atoms with Crippen LogP contribution in [0.5, 0.6) is 0 Å². The number of hydrogen-bond acceptors (Lipinski definition) is 8. The van der Waals surface area contributed by atoms with Gasteiger partial charge in [-0.15, -0.1) is 0 Å². The Morgan fingerprint density at radius 1 is 0.579 bits per heavy atom. The number of hydrogen-bond donors (Lipinski definition) is 7. The molecule has 0 fully saturated rings. The van der Waals surface area contributed by atoms with Crippen LogP contribution in [0, 0.1) is 0 Å². The Labute approximate surface area is 213 Å². The van der Waals surface area contributed by atoms with Crippen LogP contribution in [-0.2, 0) is 32.5 Å². The molecule has 204 valence electrons. The predicted octanol–water partition coefficient (Wildman–Crippen LogP) is 1.45. The van der Waals surface area contributed by atoms with Gasteiger partial charge in [0.05, 0.1) is 35.1 Å². The molecule has 7 N–H and O–H groups in total. The molecule has 0 unspecified atom stereocenters. The maximum absolute atomic E-state index is 10.9. The van der Waals surface area contributed by atoms with Gasteiger partial charge in [0, 0.05) is 0 Å². The minimum Gasteiger partial charge on any atom is -0.481 e. The molecule has 0 spiro atoms. The van der Waals surface area contributed by atoms with E-state index in [1.54, 1.807) is 0 Å². The molecule has 3 rings (SSSR count). The molecular formula is C22H20O15S. The average Bonchev–Trinajstić information content (AvgIpc) is 2.77. The third-order valence-electron chi connectivity index (χ3n) is 4.80. The summed E-state index contributed by atoms with van der Waals surface area (Å²) in [4.78, 5) is 61.0. The molecule has 0 heterocycles. The van der Waals surface area contributed by atoms with Gasteiger partial charge in [0.25, 0.3) is 10.1 Å². The van der Waals surface area contributed by atoms with Crippen LogP contribution in [0.4, 0.5) is 0 Å². The van der Waals surface area contributed by atoms with Crippen molar-refractivity contribution in [3.63, 3.8) is 0 Å². The van der Waals surface area contributed by atoms with E-state index >= 15 is 0 Å². The number of carboxylic acids is 6. The zero-order valence-electron chi connectivity index (χ0n) is 19.0. The summed E-state index contributed by atoms with van der Waals surface area (Å²) in [6.07, 6.45) is 0.737. The zero-order valence-corrected chi connectivity index (χ0v) is 19.8. The number of carbonyl (C=O) groups is 6. The van der Waals surface area contributed by atoms with Crippen LogP contribution in [0.2, 0.25) is 0 Å². The summed E-state index contributed by atoms with van der Waals surface area (Å²) in [5.41, 5.74) is 0.243. The minimum atomic E-state index is -4.92. The predicted molar refractivity (Wildman–Crippen MR) is 122 cm³/mol. The molecule has 2 aromatic rings. The Balaban J connectivity index is 0.000000301. The van der Waals surface area contributed by atoms with Gasteiger partial charge < -0.3 is 30.6 Å². The number of carboxylic acid groups (broad SMARTS) is 6. The molecule has 0 radical (unpaired) electrons. The molecule has 0 atom stereocenters. The summed E-state index contributed by atoms with van der Waals surface area (Å²) in [5, 5.41) is 50.7. The summed E-state index contributed by atoms with van der Waals surface area (Å²) < 4.78 is 30.6. The first-order valence-corrected chi connectivity index (χ1v) is 11.5. The summed E-state index contributed by atoms with van der Waals surface area (Å²) >= 11 is 0. The molecule has 2 aromatic carbocycles. The number of aliphatic carboxylic acids is 2. The fourth-order valence-electron chi connectivity index (χ4n) is 3.10. The van der Waals surface area contributed by atoms with E-state index in [9.17, 15) is 37.2 Å². The van der Waals surface area contributed by atoms with Gasteiger partial charge in [0.15, 0.2) is 0 Å². The summed E-state index contributed by atoms with van der Waals surface area (Å²) in [7, 11) is -4.92. The Bertz CT molecular complexity index is 1320. The highest BCUT2D eigenvalue weighted by molar-refractivity contribution is 7.86. The lowest BCUT2D eigenvalue weighted by Crippen LogP contribution is -2.19. The van der Waals surface area contributed by atoms with E-state index in [0.29, 0.717) is 24.0 Å². The SMILES string of the molecule is O=C(O)CCC(=O)O.O=C(O)c1ccc(C(=O)O)c2c1CC2.O=C(O)c1cccc(C(=O)O)c1S(=O)(=O)O. The van der Waals surface area contributed by atoms with Crippen molar-refractivity contribution in [2.75, 3.05) is 0 Å². The van der Waals surface area contributed by atoms with Gasteiger partial charge in [0.1, 0.15) is 4.90 Å². The van der Waals surface area contributed by atoms with Crippen molar-refractivity contribution in [1.29, 1.82) is 0 Å². The average molecular weight is 556 g/mol. The Kier molecular flexibility index (Phi) is 10.6. The highest BCUT2D eigenvalue weighted by Gasteiger charge is 2.27. The molecule has 16 heteroatoms. The van der Waals surface area contributed by atoms with E-state index in [1.165, 1.54) is 12.1 Å². The highest BCUT2D eigenvalue weighted by Crippen LogP contribution is 2.30. The lowest BCUT2D eigenvalue weighted by Gasteiger charge is -2.22. The van der Waals surface area contributed by atoms with Gasteiger partial charge in [-0.2, -0.15) is 8.42 Å². The fourth-order valence-corrected chi connectivity index (χ4v) is 3.97. The van der Waals surface area contributed by atoms with Gasteiger partial charge >= 0.3 is 35.8 Å². The number of benzene rings is 2. The molecule has 0 amide bonds. The van der Waals surface area contributed by atoms with E-state index in [0.717, 1.165) is 18.2 Å². The summed E-state index contributed by atoms with van der Waals surface area (Å²) in [6, 6.07) is 5.57. The lowest BCUT2D eigenvalue weighted by molar-refractivity contribution is -0.143. The topological polar surface area (TPSA) is 278 Å². The third kappa shape index (κ3) is 8.38. The van der Waals surface area contributed by atoms with Gasteiger partial charge in [-0.1, -0.05) is 6.07 Å². The van der Waals surface area contributed by atoms with Crippen LogP contribution < -0.4 is 0 Å². The quantitative estimate of drug-likeness (QED) is 0.226. The molecule has 0 bridgehead atoms. The molecule has 38 heavy (non-hydrogen) atoms. The maximum atomic E-state index is 10.9. The Hall–Kier alpha value is -4.83. The van der Waals surface area contributed by atoms with Crippen molar-refractivity contribution in [2.24, 2.45) is 0 Å². The van der Waals surface area contributed by atoms with E-state index < -0.39 is 62.0 Å². The van der Waals surface area contributed by atoms with Gasteiger partial charge in [-0.25, -0.2) is 19.2 Å². The van der Waals surface area contributed by atoms with Crippen LogP contribution in [0.3, 0.4) is 0 Å². The molecule has 1 aliphatic rings. The highest BCUT2D eigenvalue weighted by atomic mass is 32.2. The first kappa shape index (κ1) is 31.2. The van der Waals surface area contributed by atoms with Gasteiger partial charge in [0.2, 0.25) is 0 Å². The van der Waals surface area contributed by atoms with Crippen LogP contribution in [0.15, 0.2) is 35.2 Å². The van der Waals surface area contributed by atoms with Gasteiger partial charge in [-0.05, 0) is 48.2 Å². The summed E-state index contributed by atoms with van der Waals surface area (Å²) in [6.45, 7) is 0. The first-order chi connectivity index (χ1) is 17.5. The molecule has 15 nitrogen and oxygen atoms in total. The zero-order chi connectivity index (χ0) is 29.4. The Morgan fingerprint density at radius 3 is 1.11 bits per heavy atom. The molecular weight excluding hydrogens is 536 g/mol. The second-order valence-corrected chi connectivity index (χ2v) is 8.64. The standard InChI is InChI=1S/C10H8O4.C8H6O7S.C4H6O4/c11-9(12)7-3-4-8(10(13)14)6-2-1-5(6)7;9-7(10)4-2-1-3-5(8(11)12)6(4)16(13,14)15;5-3(6)1-2-4(7)8/h3-4H,1-2H2,(H,11,12)(H,13,14);1-3H,(H,9,10)(H,11,12)(H,13,14,15);1-2H2,(H,5,6)(H,7,8). The monoisotopic (exact) mass is 556 g/mol. The summed E-state index contributed by atoms with van der Waals surface area (Å²) in [5.74, 6) is -7.41. The van der Waals surface area contributed by atoms with Crippen molar-refractivity contribution in [1.82, 2.24) is 0 Å². The number of aromatic carboxylic acids is 4. The molecule has 0 saturated heterocycles. The smallest absolute Gasteiger partial charge is 0.337 e. The fraction of sp³-hybridized carbons (Fsp3) is 0.182. The Morgan fingerprint density at radius 2 is 0.895 bits per heavy atom. The van der Waals surface area contributed by atoms with Crippen LogP contribution in [0.25, 0.3) is 0 Å². The largest absolute Gasteiger partial charge is 0.481 e. The lowest BCUT2D eigenvalue weighted by atomic mass is 9.81. The van der Waals surface area contributed by atoms with Crippen LogP contribution in [-0.4, -0.2) is 79.4 Å². The number of rotatable bonds is 8. The van der Waals surface area contributed by atoms with E-state index in [2.05, 4.69) is 0 Å². The second kappa shape index (κ2) is 12.9. The van der Waals surface area contributed by atoms with Crippen molar-refractivity contribution in [3.05, 3.63) is 63.7 Å². The third-order valence-corrected chi connectivity index (χ3v) is 5.76. The normalized spacial score (nSPS) is 11.2. The van der Waals surface area contributed by atoms with Gasteiger partial charge in [-0.3, -0.25) is 14.1 Å². The van der Waals surface area contributed by atoms with Crippen molar-refractivity contribution in [3.8, 4) is 0 Å². The minimum absolute atomic E-state index is 0.233. The molecule has 1 aliphatic carbocycles. The molecule has 0 aliphatic heterocycles. The van der Waals surface area contributed by atoms with E-state index in [1.807, 2.05) is 0 Å². The van der Waals surface area contributed by atoms with E-state index in [4.69, 9.17) is 35.2 Å². The van der Waals surface area contributed by atoms with Crippen LogP contribution >= 0.6 is 0 Å². The van der Waals surface area contributed by atoms with Crippen molar-refractivity contribution < 1.29 is 72.4 Å². The maximum Gasteiger partial charge on any atom is 0.337 e. The first-order valence-electron chi connectivity index (χ1n) is 10.1. The van der Waals surface area contributed by atoms with Crippen molar-refractivity contribution in [2.45, 2.75) is 30.6 Å². The van der Waals surface area contributed by atoms with Crippen molar-refractivity contribution >= 4 is 45.9 Å². The molecule has 0 saturated carbocycles.